The molecular weight excluding hydrogens is 935 g/mol. The lowest BCUT2D eigenvalue weighted by Gasteiger charge is -2.25. The molecule has 0 aromatic heterocycles. The minimum absolute atomic E-state index is 0.177. The van der Waals surface area contributed by atoms with Crippen LogP contribution in [0.2, 0.25) is 0 Å². The highest BCUT2D eigenvalue weighted by Gasteiger charge is 2.25. The molecule has 0 saturated heterocycles. The van der Waals surface area contributed by atoms with Gasteiger partial charge in [-0.05, 0) is 96.3 Å². The molecule has 0 radical (unpaired) electrons. The van der Waals surface area contributed by atoms with Crippen LogP contribution in [0, 0.1) is 0 Å². The molecule has 2 unspecified atom stereocenters. The van der Waals surface area contributed by atoms with Gasteiger partial charge in [0, 0.05) is 12.8 Å². The molecule has 0 bridgehead atoms. The minimum Gasteiger partial charge on any atom is -0.477 e. The number of nitrogens with zero attached hydrogens (tertiary/aromatic N) is 1. The fourth-order valence-corrected chi connectivity index (χ4v) is 8.16. The molecule has 2 atom stereocenters. The van der Waals surface area contributed by atoms with Crippen molar-refractivity contribution in [1.82, 2.24) is 0 Å². The van der Waals surface area contributed by atoms with E-state index in [1.54, 1.807) is 0 Å². The lowest BCUT2D eigenvalue weighted by molar-refractivity contribution is -0.870. The van der Waals surface area contributed by atoms with Crippen LogP contribution in [0.5, 0.6) is 0 Å². The molecule has 430 valence electrons. The summed E-state index contributed by atoms with van der Waals surface area (Å²) in [6.07, 6.45) is 73.6. The molecule has 0 amide bonds. The number of allylic oxidation sites excluding steroid dienone is 16. The zero-order valence-corrected chi connectivity index (χ0v) is 48.9. The van der Waals surface area contributed by atoms with E-state index in [4.69, 9.17) is 18.9 Å². The first-order valence-electron chi connectivity index (χ1n) is 30.4. The van der Waals surface area contributed by atoms with Crippen LogP contribution in [0.4, 0.5) is 0 Å². The van der Waals surface area contributed by atoms with Crippen LogP contribution in [-0.2, 0) is 33.3 Å². The molecule has 0 aromatic rings. The van der Waals surface area contributed by atoms with E-state index >= 15 is 0 Å². The number of carboxylic acid groups (broad SMARTS) is 1. The average molecular weight is 1050 g/mol. The van der Waals surface area contributed by atoms with Crippen molar-refractivity contribution in [2.75, 3.05) is 47.5 Å². The molecule has 0 aliphatic heterocycles. The van der Waals surface area contributed by atoms with Crippen molar-refractivity contribution in [3.8, 4) is 0 Å². The number of carbonyl (C=O) groups is 3. The number of carbonyl (C=O) groups excluding carboxylic acids is 2. The monoisotopic (exact) mass is 1050 g/mol. The van der Waals surface area contributed by atoms with E-state index in [2.05, 4.69) is 111 Å². The quantitative estimate of drug-likeness (QED) is 0.0211. The van der Waals surface area contributed by atoms with Crippen molar-refractivity contribution >= 4 is 17.9 Å². The summed E-state index contributed by atoms with van der Waals surface area (Å²) < 4.78 is 22.8. The van der Waals surface area contributed by atoms with Crippen molar-refractivity contribution in [2.45, 2.75) is 257 Å². The second-order valence-corrected chi connectivity index (χ2v) is 21.3. The van der Waals surface area contributed by atoms with Gasteiger partial charge in [-0.15, -0.1) is 0 Å². The molecule has 0 aliphatic carbocycles. The third kappa shape index (κ3) is 57.7. The van der Waals surface area contributed by atoms with Gasteiger partial charge < -0.3 is 28.5 Å². The summed E-state index contributed by atoms with van der Waals surface area (Å²) in [5.74, 6) is -2.05. The Morgan fingerprint density at radius 1 is 0.413 bits per heavy atom. The van der Waals surface area contributed by atoms with E-state index in [0.29, 0.717) is 23.9 Å². The number of likely N-dealkylation sites (N-methyl/N-ethyl adjacent to an activating group) is 1. The lowest BCUT2D eigenvalue weighted by atomic mass is 10.0. The van der Waals surface area contributed by atoms with Gasteiger partial charge >= 0.3 is 17.9 Å². The first kappa shape index (κ1) is 71.2. The van der Waals surface area contributed by atoms with Gasteiger partial charge in [0.2, 0.25) is 0 Å². The lowest BCUT2D eigenvalue weighted by Crippen LogP contribution is -2.40. The maximum absolute atomic E-state index is 12.9. The maximum Gasteiger partial charge on any atom is 0.361 e. The Kier molecular flexibility index (Phi) is 53.6. The first-order valence-corrected chi connectivity index (χ1v) is 30.4. The van der Waals surface area contributed by atoms with Gasteiger partial charge in [-0.2, -0.15) is 0 Å². The molecule has 0 heterocycles. The summed E-state index contributed by atoms with van der Waals surface area (Å²) in [7, 11) is 5.95. The highest BCUT2D eigenvalue weighted by molar-refractivity contribution is 5.71. The van der Waals surface area contributed by atoms with Gasteiger partial charge in [0.05, 0.1) is 34.4 Å². The van der Waals surface area contributed by atoms with Gasteiger partial charge in [0.25, 0.3) is 6.29 Å². The van der Waals surface area contributed by atoms with Crippen molar-refractivity contribution in [2.24, 2.45) is 0 Å². The van der Waals surface area contributed by atoms with Gasteiger partial charge in [-0.3, -0.25) is 9.59 Å². The molecule has 0 aromatic carbocycles. The molecule has 0 spiro atoms. The fraction of sp³-hybridized carbons (Fsp3) is 0.712. The predicted octanol–water partition coefficient (Wildman–Crippen LogP) is 18.1. The second kappa shape index (κ2) is 56.4. The number of esters is 2. The second-order valence-electron chi connectivity index (χ2n) is 21.3. The third-order valence-electron chi connectivity index (χ3n) is 12.8. The topological polar surface area (TPSA) is 108 Å². The molecule has 0 saturated carbocycles. The van der Waals surface area contributed by atoms with Crippen LogP contribution in [0.1, 0.15) is 245 Å². The number of aliphatic carboxylic acids is 1. The summed E-state index contributed by atoms with van der Waals surface area (Å²) >= 11 is 0. The molecule has 75 heavy (non-hydrogen) atoms. The molecule has 0 rings (SSSR count). The number of carboxylic acids is 1. The van der Waals surface area contributed by atoms with Gasteiger partial charge in [-0.1, -0.05) is 233 Å². The standard InChI is InChI=1S/C66H113NO8/c1-6-8-10-12-14-16-18-20-22-24-26-27-28-29-30-31-32-33-34-35-36-37-39-40-42-44-46-48-50-52-54-56-63(68)73-60-62(61-74-66(65(70)71)72-59-58-67(3,4)5)75-64(69)57-55-53-51-49-47-45-43-41-38-25-23-21-19-17-15-13-11-9-7-2/h9,11,15,17-18,20-21,23-24,26,28-29,38,41,45,47,62,66H,6-8,10,12-14,16,19,22,25,27,30-37,39-40,42-44,46,48-61H2,1-5H3/p+1/b11-9-,17-15-,20-18-,23-21-,26-24-,29-28-,41-38-,47-45-. The largest absolute Gasteiger partial charge is 0.477 e. The van der Waals surface area contributed by atoms with Gasteiger partial charge in [-0.25, -0.2) is 4.79 Å². The Balaban J connectivity index is 4.20. The average Bonchev–Trinajstić information content (AvgIpc) is 3.38. The van der Waals surface area contributed by atoms with Crippen LogP contribution < -0.4 is 0 Å². The highest BCUT2D eigenvalue weighted by atomic mass is 16.7. The highest BCUT2D eigenvalue weighted by Crippen LogP contribution is 2.16. The smallest absolute Gasteiger partial charge is 0.361 e. The van der Waals surface area contributed by atoms with E-state index in [1.807, 2.05) is 21.1 Å². The Morgan fingerprint density at radius 3 is 1.15 bits per heavy atom. The number of quaternary nitrogens is 1. The number of hydrogen-bond donors (Lipinski definition) is 1. The van der Waals surface area contributed by atoms with Crippen LogP contribution in [-0.4, -0.2) is 87.4 Å². The molecule has 9 heteroatoms. The summed E-state index contributed by atoms with van der Waals surface area (Å²) in [4.78, 5) is 37.4. The summed E-state index contributed by atoms with van der Waals surface area (Å²) in [6, 6.07) is 0. The van der Waals surface area contributed by atoms with Crippen molar-refractivity contribution in [3.05, 3.63) is 97.2 Å². The van der Waals surface area contributed by atoms with Crippen LogP contribution in [0.25, 0.3) is 0 Å². The van der Waals surface area contributed by atoms with Gasteiger partial charge in [0.1, 0.15) is 13.2 Å². The van der Waals surface area contributed by atoms with Crippen molar-refractivity contribution < 1.29 is 42.9 Å². The van der Waals surface area contributed by atoms with E-state index in [1.165, 1.54) is 128 Å². The minimum atomic E-state index is -1.52. The summed E-state index contributed by atoms with van der Waals surface area (Å²) in [5.41, 5.74) is 0. The summed E-state index contributed by atoms with van der Waals surface area (Å²) in [6.45, 7) is 4.71. The Bertz CT molecular complexity index is 1550. The Hall–Kier alpha value is -3.79. The zero-order chi connectivity index (χ0) is 54.8. The van der Waals surface area contributed by atoms with E-state index in [0.717, 1.165) is 83.5 Å². The van der Waals surface area contributed by atoms with Crippen molar-refractivity contribution in [1.29, 1.82) is 0 Å². The first-order chi connectivity index (χ1) is 36.6. The third-order valence-corrected chi connectivity index (χ3v) is 12.8. The van der Waals surface area contributed by atoms with E-state index in [-0.39, 0.29) is 32.2 Å². The molecule has 9 nitrogen and oxygen atoms in total. The van der Waals surface area contributed by atoms with Crippen molar-refractivity contribution in [3.63, 3.8) is 0 Å². The predicted molar refractivity (Wildman–Crippen MR) is 318 cm³/mol. The van der Waals surface area contributed by atoms with Crippen LogP contribution >= 0.6 is 0 Å². The van der Waals surface area contributed by atoms with Gasteiger partial charge in [0.15, 0.2) is 6.10 Å². The normalized spacial score (nSPS) is 13.5. The number of hydrogen-bond acceptors (Lipinski definition) is 7. The number of rotatable bonds is 55. The Labute approximate surface area is 461 Å². The molecular formula is C66H114NO8+. The SMILES string of the molecule is CC/C=C\C/C=C\C/C=C\C/C=C\C/C=C\CCCCCC(=O)OC(COC(=O)CCCCCCCCCCCCCCCCCC/C=C\C/C=C\C/C=C\CCCCCCC)COC(OCC[N+](C)(C)C)C(=O)O. The van der Waals surface area contributed by atoms with E-state index in [9.17, 15) is 19.5 Å². The van der Waals surface area contributed by atoms with Crippen LogP contribution in [0.3, 0.4) is 0 Å². The van der Waals surface area contributed by atoms with Crippen LogP contribution in [0.15, 0.2) is 97.2 Å². The fourth-order valence-electron chi connectivity index (χ4n) is 8.16. The Morgan fingerprint density at radius 2 is 0.760 bits per heavy atom. The van der Waals surface area contributed by atoms with E-state index < -0.39 is 24.3 Å². The summed E-state index contributed by atoms with van der Waals surface area (Å²) in [5, 5.41) is 9.70. The number of unbranched alkanes of at least 4 members (excludes halogenated alkanes) is 24. The zero-order valence-electron chi connectivity index (χ0n) is 48.9. The number of ether oxygens (including phenoxy) is 4. The molecule has 0 aliphatic rings. The molecule has 0 fully saturated rings. The molecule has 1 N–H and O–H groups in total. The maximum atomic E-state index is 12.9.